The zero-order valence-electron chi connectivity index (χ0n) is 28.7. The SMILES string of the molecule is CC(=O)O[C@H]1[C@H](OC(C)=O)[C@@]2(C)[C@H](c3ccoc3)C[C@H]3O[C@]32[C@]2(C)[C@H](OC(=O)Cc3ccccc3)C[C@H]3C(C)(C)O[C@]4(O)C(=O)CC[C@]34[C@@H]12. The minimum absolute atomic E-state index is 0.0336. The van der Waals surface area contributed by atoms with E-state index in [1.54, 1.807) is 12.5 Å². The Morgan fingerprint density at radius 2 is 1.65 bits per heavy atom. The van der Waals surface area contributed by atoms with E-state index in [1.807, 2.05) is 64.1 Å². The van der Waals surface area contributed by atoms with Crippen LogP contribution in [0.3, 0.4) is 0 Å². The molecule has 2 aromatic rings. The summed E-state index contributed by atoms with van der Waals surface area (Å²) in [5.41, 5.74) is -3.92. The van der Waals surface area contributed by atoms with Crippen molar-refractivity contribution >= 4 is 23.7 Å². The predicted molar refractivity (Wildman–Crippen MR) is 169 cm³/mol. The van der Waals surface area contributed by atoms with E-state index in [0.29, 0.717) is 6.42 Å². The highest BCUT2D eigenvalue weighted by atomic mass is 16.7. The lowest BCUT2D eigenvalue weighted by Gasteiger charge is -2.68. The van der Waals surface area contributed by atoms with Crippen molar-refractivity contribution in [1.82, 2.24) is 0 Å². The standard InChI is InChI=1S/C38H44O11/c1-20(39)45-30-31-35(6,37-28(48-37)17-24(23-13-15-44-19-23)34(37,5)32(30)46-21(2)40)27(47-29(42)16-22-10-8-7-9-11-22)18-25-33(3,4)49-38(43)26(41)12-14-36(25,31)38/h7-11,13,15,19,24-25,27-28,30-32,43H,12,14,16-18H2,1-6H3/t24-,25-,27+,28+,30+,31-,32-,34+,35+,36+,37+,38+/m0/s1. The number of hydrogen-bond donors (Lipinski definition) is 1. The molecule has 8 rings (SSSR count). The Morgan fingerprint density at radius 1 is 0.939 bits per heavy atom. The van der Waals surface area contributed by atoms with E-state index < -0.39 is 87.1 Å². The van der Waals surface area contributed by atoms with Gasteiger partial charge in [0, 0.05) is 54.3 Å². The molecule has 1 aromatic heterocycles. The smallest absolute Gasteiger partial charge is 0.310 e. The number of rotatable bonds is 6. The lowest BCUT2D eigenvalue weighted by Crippen LogP contribution is -2.79. The molecule has 0 unspecified atom stereocenters. The Balaban J connectivity index is 1.38. The quantitative estimate of drug-likeness (QED) is 0.263. The summed E-state index contributed by atoms with van der Waals surface area (Å²) in [5, 5.41) is 12.6. The highest BCUT2D eigenvalue weighted by Crippen LogP contribution is 2.85. The summed E-state index contributed by atoms with van der Waals surface area (Å²) in [6.45, 7) is 10.3. The summed E-state index contributed by atoms with van der Waals surface area (Å²) in [6.07, 6.45) is 1.01. The minimum Gasteiger partial charge on any atom is -0.472 e. The first-order valence-electron chi connectivity index (χ1n) is 17.3. The normalized spacial score (nSPS) is 45.3. The van der Waals surface area contributed by atoms with E-state index in [-0.39, 0.29) is 37.7 Å². The van der Waals surface area contributed by atoms with E-state index in [0.717, 1.165) is 11.1 Å². The summed E-state index contributed by atoms with van der Waals surface area (Å²) in [5.74, 6) is -5.95. The molecule has 1 aromatic carbocycles. The molecule has 262 valence electrons. The molecule has 6 fully saturated rings. The highest BCUT2D eigenvalue weighted by Gasteiger charge is 2.95. The fourth-order valence-corrected chi connectivity index (χ4v) is 12.3. The van der Waals surface area contributed by atoms with Gasteiger partial charge in [0.05, 0.1) is 30.7 Å². The van der Waals surface area contributed by atoms with Crippen LogP contribution in [0.25, 0.3) is 0 Å². The first-order chi connectivity index (χ1) is 23.1. The zero-order valence-corrected chi connectivity index (χ0v) is 28.7. The Bertz CT molecular complexity index is 1720. The second kappa shape index (κ2) is 10.3. The molecule has 2 spiro atoms. The van der Waals surface area contributed by atoms with Crippen molar-refractivity contribution in [1.29, 1.82) is 0 Å². The number of carbonyl (C=O) groups is 4. The van der Waals surface area contributed by atoms with Gasteiger partial charge in [0.1, 0.15) is 23.9 Å². The number of hydrogen-bond acceptors (Lipinski definition) is 11. The number of epoxide rings is 1. The van der Waals surface area contributed by atoms with Crippen molar-refractivity contribution in [2.75, 3.05) is 0 Å². The van der Waals surface area contributed by atoms with E-state index in [1.165, 1.54) is 13.8 Å². The predicted octanol–water partition coefficient (Wildman–Crippen LogP) is 4.43. The van der Waals surface area contributed by atoms with Crippen LogP contribution < -0.4 is 0 Å². The van der Waals surface area contributed by atoms with Gasteiger partial charge in [0.15, 0.2) is 5.78 Å². The zero-order chi connectivity index (χ0) is 34.9. The van der Waals surface area contributed by atoms with E-state index in [4.69, 9.17) is 28.1 Å². The summed E-state index contributed by atoms with van der Waals surface area (Å²) in [7, 11) is 0. The Labute approximate surface area is 284 Å². The number of furan rings is 1. The highest BCUT2D eigenvalue weighted by molar-refractivity contribution is 5.90. The molecule has 49 heavy (non-hydrogen) atoms. The van der Waals surface area contributed by atoms with Crippen molar-refractivity contribution in [3.8, 4) is 0 Å². The number of ether oxygens (including phenoxy) is 5. The van der Waals surface area contributed by atoms with Crippen LogP contribution in [0.2, 0.25) is 0 Å². The molecule has 6 aliphatic rings. The van der Waals surface area contributed by atoms with Gasteiger partial charge >= 0.3 is 17.9 Å². The van der Waals surface area contributed by atoms with Crippen LogP contribution in [0, 0.1) is 28.1 Å². The Hall–Kier alpha value is -3.54. The molecule has 12 atom stereocenters. The number of aliphatic hydroxyl groups is 1. The van der Waals surface area contributed by atoms with Crippen molar-refractivity contribution < 1.29 is 52.4 Å². The average molecular weight is 677 g/mol. The minimum atomic E-state index is -2.22. The van der Waals surface area contributed by atoms with Crippen LogP contribution in [0.1, 0.15) is 84.3 Å². The number of carbonyl (C=O) groups excluding carboxylic acids is 4. The van der Waals surface area contributed by atoms with Crippen LogP contribution in [-0.2, 0) is 49.3 Å². The van der Waals surface area contributed by atoms with Gasteiger partial charge in [-0.05, 0) is 50.3 Å². The van der Waals surface area contributed by atoms with E-state index >= 15 is 0 Å². The number of Topliss-reactive ketones (excluding diaryl/α,β-unsaturated/α-hetero) is 1. The number of esters is 3. The molecule has 3 heterocycles. The molecular weight excluding hydrogens is 632 g/mol. The molecule has 1 N–H and O–H groups in total. The topological polar surface area (TPSA) is 151 Å². The molecular formula is C38H44O11. The van der Waals surface area contributed by atoms with E-state index in [2.05, 4.69) is 0 Å². The van der Waals surface area contributed by atoms with Crippen LogP contribution in [0.4, 0.5) is 0 Å². The summed E-state index contributed by atoms with van der Waals surface area (Å²) in [6, 6.07) is 11.2. The molecule has 2 aliphatic heterocycles. The van der Waals surface area contributed by atoms with Crippen LogP contribution in [0.5, 0.6) is 0 Å². The maximum Gasteiger partial charge on any atom is 0.310 e. The van der Waals surface area contributed by atoms with Gasteiger partial charge in [0.25, 0.3) is 0 Å². The summed E-state index contributed by atoms with van der Waals surface area (Å²) >= 11 is 0. The fourth-order valence-electron chi connectivity index (χ4n) is 12.3. The molecule has 2 saturated heterocycles. The maximum atomic E-state index is 13.9. The lowest BCUT2D eigenvalue weighted by atomic mass is 9.36. The molecule has 11 nitrogen and oxygen atoms in total. The van der Waals surface area contributed by atoms with Gasteiger partial charge in [-0.25, -0.2) is 0 Å². The van der Waals surface area contributed by atoms with Crippen molar-refractivity contribution in [3.05, 3.63) is 60.1 Å². The molecule has 0 radical (unpaired) electrons. The monoisotopic (exact) mass is 676 g/mol. The van der Waals surface area contributed by atoms with Crippen molar-refractivity contribution in [2.24, 2.45) is 28.1 Å². The van der Waals surface area contributed by atoms with Crippen LogP contribution in [0.15, 0.2) is 53.3 Å². The number of benzene rings is 1. The molecule has 4 saturated carbocycles. The third-order valence-electron chi connectivity index (χ3n) is 13.7. The summed E-state index contributed by atoms with van der Waals surface area (Å²) < 4.78 is 38.1. The molecule has 0 amide bonds. The first kappa shape index (κ1) is 32.7. The largest absolute Gasteiger partial charge is 0.472 e. The van der Waals surface area contributed by atoms with Crippen LogP contribution >= 0.6 is 0 Å². The second-order valence-electron chi connectivity index (χ2n) is 16.1. The molecule has 0 bridgehead atoms. The van der Waals surface area contributed by atoms with Crippen LogP contribution in [-0.4, -0.2) is 70.2 Å². The first-order valence-corrected chi connectivity index (χ1v) is 17.3. The Kier molecular flexibility index (Phi) is 6.84. The Morgan fingerprint density at radius 3 is 2.31 bits per heavy atom. The van der Waals surface area contributed by atoms with Gasteiger partial charge in [-0.15, -0.1) is 0 Å². The number of ketones is 1. The van der Waals surface area contributed by atoms with Crippen molar-refractivity contribution in [3.63, 3.8) is 0 Å². The number of fused-ring (bicyclic) bond motifs is 1. The lowest BCUT2D eigenvalue weighted by molar-refractivity contribution is -0.321. The molecule has 11 heteroatoms. The second-order valence-corrected chi connectivity index (χ2v) is 16.1. The van der Waals surface area contributed by atoms with E-state index in [9.17, 15) is 24.3 Å². The third-order valence-corrected chi connectivity index (χ3v) is 13.7. The summed E-state index contributed by atoms with van der Waals surface area (Å²) in [4.78, 5) is 54.0. The molecule has 4 aliphatic carbocycles. The van der Waals surface area contributed by atoms with Gasteiger partial charge in [-0.2, -0.15) is 0 Å². The van der Waals surface area contributed by atoms with Gasteiger partial charge < -0.3 is 33.2 Å². The van der Waals surface area contributed by atoms with Gasteiger partial charge in [0.2, 0.25) is 5.79 Å². The fraction of sp³-hybridized carbons (Fsp3) is 0.632. The van der Waals surface area contributed by atoms with Gasteiger partial charge in [-0.3, -0.25) is 19.2 Å². The van der Waals surface area contributed by atoms with Crippen molar-refractivity contribution in [2.45, 2.75) is 121 Å². The average Bonchev–Trinajstić information content (AvgIpc) is 3.22. The third kappa shape index (κ3) is 3.89. The van der Waals surface area contributed by atoms with Gasteiger partial charge in [-0.1, -0.05) is 44.2 Å². The maximum absolute atomic E-state index is 13.9.